The molecule has 10 nitrogen and oxygen atoms in total. The number of nitro benzene ring substituents is 1. The minimum atomic E-state index is -0.455. The first-order valence-electron chi connectivity index (χ1n) is 12.9. The fourth-order valence-electron chi connectivity index (χ4n) is 3.98. The number of aromatic nitrogens is 1. The van der Waals surface area contributed by atoms with Gasteiger partial charge in [-0.2, -0.15) is 5.10 Å². The predicted molar refractivity (Wildman–Crippen MR) is 175 cm³/mol. The number of hydrogen-bond donors (Lipinski definition) is 2. The summed E-state index contributed by atoms with van der Waals surface area (Å²) < 4.78 is 12.0. The Labute approximate surface area is 269 Å². The third-order valence-electron chi connectivity index (χ3n) is 6.21. The van der Waals surface area contributed by atoms with Gasteiger partial charge >= 0.3 is 0 Å². The van der Waals surface area contributed by atoms with Crippen LogP contribution in [0.25, 0.3) is 11.3 Å². The van der Waals surface area contributed by atoms with Crippen molar-refractivity contribution < 1.29 is 19.2 Å². The van der Waals surface area contributed by atoms with Crippen molar-refractivity contribution in [2.75, 3.05) is 12.4 Å². The molecule has 4 aromatic carbocycles. The van der Waals surface area contributed by atoms with Crippen molar-refractivity contribution in [3.8, 4) is 22.8 Å². The zero-order valence-electron chi connectivity index (χ0n) is 23.0. The number of benzene rings is 4. The van der Waals surface area contributed by atoms with E-state index in [1.807, 2.05) is 29.6 Å². The van der Waals surface area contributed by atoms with E-state index in [1.54, 1.807) is 48.5 Å². The van der Waals surface area contributed by atoms with Crippen LogP contribution in [0.15, 0.2) is 99.9 Å². The highest BCUT2D eigenvalue weighted by Gasteiger charge is 2.12. The Kier molecular flexibility index (Phi) is 9.85. The summed E-state index contributed by atoms with van der Waals surface area (Å²) >= 11 is 10.9. The molecule has 0 bridgehead atoms. The van der Waals surface area contributed by atoms with Gasteiger partial charge in [0.25, 0.3) is 11.6 Å². The van der Waals surface area contributed by atoms with E-state index in [2.05, 4.69) is 36.8 Å². The first kappa shape index (κ1) is 30.7. The second-order valence-electron chi connectivity index (χ2n) is 9.19. The average Bonchev–Trinajstić information content (AvgIpc) is 3.50. The monoisotopic (exact) mass is 691 g/mol. The van der Waals surface area contributed by atoms with Gasteiger partial charge in [-0.05, 0) is 70.0 Å². The largest absolute Gasteiger partial charge is 0.493 e. The van der Waals surface area contributed by atoms with Crippen LogP contribution in [0.5, 0.6) is 11.5 Å². The van der Waals surface area contributed by atoms with Crippen molar-refractivity contribution in [2.24, 2.45) is 5.10 Å². The molecular weight excluding hydrogens is 670 g/mol. The van der Waals surface area contributed by atoms with Gasteiger partial charge in [-0.25, -0.2) is 10.4 Å². The van der Waals surface area contributed by atoms with E-state index in [-0.39, 0.29) is 18.2 Å². The van der Waals surface area contributed by atoms with E-state index in [0.29, 0.717) is 37.7 Å². The number of nitrogens with zero attached hydrogens (tertiary/aromatic N) is 3. The fraction of sp³-hybridized carbons (Fsp3) is 0.0645. The lowest BCUT2D eigenvalue weighted by atomic mass is 10.1. The van der Waals surface area contributed by atoms with Gasteiger partial charge in [0.15, 0.2) is 16.6 Å². The number of thiazole rings is 1. The molecule has 0 aliphatic carbocycles. The molecule has 0 unspecified atom stereocenters. The maximum atomic E-state index is 12.7. The van der Waals surface area contributed by atoms with Gasteiger partial charge in [-0.3, -0.25) is 14.9 Å². The second-order valence-corrected chi connectivity index (χ2v) is 11.3. The molecule has 0 spiro atoms. The minimum Gasteiger partial charge on any atom is -0.493 e. The minimum absolute atomic E-state index is 0.0133. The molecule has 44 heavy (non-hydrogen) atoms. The molecule has 0 radical (unpaired) electrons. The molecule has 0 saturated carbocycles. The van der Waals surface area contributed by atoms with Crippen molar-refractivity contribution >= 4 is 67.5 Å². The van der Waals surface area contributed by atoms with Crippen molar-refractivity contribution in [1.29, 1.82) is 0 Å². The van der Waals surface area contributed by atoms with Crippen LogP contribution in [0.2, 0.25) is 5.02 Å². The highest BCUT2D eigenvalue weighted by molar-refractivity contribution is 9.10. The van der Waals surface area contributed by atoms with Crippen LogP contribution < -0.4 is 20.2 Å². The van der Waals surface area contributed by atoms with Gasteiger partial charge < -0.3 is 14.8 Å². The van der Waals surface area contributed by atoms with Crippen molar-refractivity contribution in [2.45, 2.75) is 6.61 Å². The van der Waals surface area contributed by atoms with E-state index < -0.39 is 4.92 Å². The van der Waals surface area contributed by atoms with E-state index in [9.17, 15) is 14.9 Å². The number of nitrogens with one attached hydrogen (secondary N) is 2. The maximum absolute atomic E-state index is 12.7. The number of ether oxygens (including phenoxy) is 2. The number of hydrazone groups is 1. The number of nitro groups is 1. The van der Waals surface area contributed by atoms with Crippen molar-refractivity contribution in [3.63, 3.8) is 0 Å². The molecule has 1 aromatic heterocycles. The van der Waals surface area contributed by atoms with Crippen LogP contribution in [0.1, 0.15) is 21.5 Å². The molecule has 0 saturated heterocycles. The molecule has 5 aromatic rings. The van der Waals surface area contributed by atoms with Crippen molar-refractivity contribution in [1.82, 2.24) is 10.4 Å². The molecule has 13 heteroatoms. The Morgan fingerprint density at radius 3 is 2.59 bits per heavy atom. The van der Waals surface area contributed by atoms with E-state index in [0.717, 1.165) is 22.1 Å². The molecule has 0 aliphatic rings. The number of amides is 1. The predicted octanol–water partition coefficient (Wildman–Crippen LogP) is 8.23. The summed E-state index contributed by atoms with van der Waals surface area (Å²) in [5.74, 6) is 0.479. The van der Waals surface area contributed by atoms with Crippen LogP contribution in [-0.4, -0.2) is 29.1 Å². The zero-order valence-corrected chi connectivity index (χ0v) is 26.2. The Morgan fingerprint density at radius 1 is 1.09 bits per heavy atom. The lowest BCUT2D eigenvalue weighted by Crippen LogP contribution is -2.17. The highest BCUT2D eigenvalue weighted by atomic mass is 79.9. The van der Waals surface area contributed by atoms with E-state index in [4.69, 9.17) is 21.1 Å². The van der Waals surface area contributed by atoms with Gasteiger partial charge in [0.05, 0.1) is 23.9 Å². The smallest absolute Gasteiger partial charge is 0.271 e. The number of carbonyl (C=O) groups is 1. The van der Waals surface area contributed by atoms with Crippen LogP contribution in [0.3, 0.4) is 0 Å². The number of methoxy groups -OCH3 is 1. The van der Waals surface area contributed by atoms with Gasteiger partial charge in [0.2, 0.25) is 0 Å². The molecule has 2 N–H and O–H groups in total. The quantitative estimate of drug-likeness (QED) is 0.0811. The van der Waals surface area contributed by atoms with E-state index >= 15 is 0 Å². The van der Waals surface area contributed by atoms with Crippen molar-refractivity contribution in [3.05, 3.63) is 127 Å². The Hall–Kier alpha value is -4.78. The van der Waals surface area contributed by atoms with Crippen LogP contribution >= 0.6 is 38.9 Å². The Balaban J connectivity index is 1.18. The lowest BCUT2D eigenvalue weighted by Gasteiger charge is -2.13. The zero-order chi connectivity index (χ0) is 31.1. The lowest BCUT2D eigenvalue weighted by molar-refractivity contribution is -0.384. The molecule has 0 aliphatic heterocycles. The average molecular weight is 693 g/mol. The van der Waals surface area contributed by atoms with E-state index in [1.165, 1.54) is 36.8 Å². The van der Waals surface area contributed by atoms with Crippen LogP contribution in [0, 0.1) is 10.1 Å². The summed E-state index contributed by atoms with van der Waals surface area (Å²) in [6.45, 7) is 0.108. The number of halogens is 2. The van der Waals surface area contributed by atoms with Gasteiger partial charge in [-0.15, -0.1) is 11.3 Å². The number of rotatable bonds is 11. The topological polar surface area (TPSA) is 128 Å². The van der Waals surface area contributed by atoms with Crippen LogP contribution in [-0.2, 0) is 6.61 Å². The molecule has 0 fully saturated rings. The summed E-state index contributed by atoms with van der Waals surface area (Å²) in [6, 6.07) is 24.0. The fourth-order valence-corrected chi connectivity index (χ4v) is 5.27. The molecule has 222 valence electrons. The summed E-state index contributed by atoms with van der Waals surface area (Å²) in [6.07, 6.45) is 1.48. The SMILES string of the molecule is COc1cc(/C=N\NC(=O)c2ccc(-c3csc(Nc4ccc(Cl)cc4)n3)cc2)c(Br)cc1OCc1cccc([N+](=O)[O-])c1. The standard InChI is InChI=1S/C31H23BrClN5O5S/c1-42-28-14-22(26(32)15-29(28)43-17-19-3-2-4-25(13-19)38(40)41)16-34-37-30(39)21-7-5-20(6-8-21)27-18-44-31(36-27)35-24-11-9-23(33)10-12-24/h2-16,18H,17H2,1H3,(H,35,36)(H,37,39)/b34-16-. The van der Waals surface area contributed by atoms with Crippen LogP contribution in [0.4, 0.5) is 16.5 Å². The third-order valence-corrected chi connectivity index (χ3v) is 7.91. The Morgan fingerprint density at radius 2 is 1.86 bits per heavy atom. The number of hydrogen-bond acceptors (Lipinski definition) is 9. The number of anilines is 2. The first-order valence-corrected chi connectivity index (χ1v) is 15.0. The van der Waals surface area contributed by atoms with Gasteiger partial charge in [0, 0.05) is 49.4 Å². The molecule has 0 atom stereocenters. The summed E-state index contributed by atoms with van der Waals surface area (Å²) in [7, 11) is 1.50. The summed E-state index contributed by atoms with van der Waals surface area (Å²) in [5, 5.41) is 21.7. The normalized spacial score (nSPS) is 10.9. The number of non-ortho nitro benzene ring substituents is 1. The van der Waals surface area contributed by atoms with Gasteiger partial charge in [0.1, 0.15) is 6.61 Å². The third kappa shape index (κ3) is 7.78. The maximum Gasteiger partial charge on any atom is 0.271 e. The van der Waals surface area contributed by atoms with Gasteiger partial charge in [-0.1, -0.05) is 35.9 Å². The molecule has 5 rings (SSSR count). The Bertz CT molecular complexity index is 1830. The summed E-state index contributed by atoms with van der Waals surface area (Å²) in [5.41, 5.74) is 6.76. The first-order chi connectivity index (χ1) is 21.3. The molecule has 1 amide bonds. The molecule has 1 heterocycles. The second kappa shape index (κ2) is 14.1. The number of carbonyl (C=O) groups excluding carboxylic acids is 1. The summed E-state index contributed by atoms with van der Waals surface area (Å²) in [4.78, 5) is 27.9. The molecular formula is C31H23BrClN5O5S. The highest BCUT2D eigenvalue weighted by Crippen LogP contribution is 2.34.